The van der Waals surface area contributed by atoms with Crippen molar-refractivity contribution in [2.75, 3.05) is 5.73 Å². The number of benzene rings is 1. The Balaban J connectivity index is 2.12. The Hall–Kier alpha value is -2.37. The maximum Gasteiger partial charge on any atom is 0.364 e. The molecule has 0 aliphatic carbocycles. The molecule has 0 radical (unpaired) electrons. The lowest BCUT2D eigenvalue weighted by Gasteiger charge is -2.11. The molecule has 2 aromatic rings. The Morgan fingerprint density at radius 3 is 2.42 bits per heavy atom. The largest absolute Gasteiger partial charge is 0.456 e. The highest BCUT2D eigenvalue weighted by Gasteiger charge is 2.18. The number of nitrogens with two attached hydrogens (primary N) is 1. The maximum atomic E-state index is 11.7. The van der Waals surface area contributed by atoms with Crippen LogP contribution in [0, 0.1) is 20.8 Å². The predicted octanol–water partition coefficient (Wildman–Crippen LogP) is 1.93. The molecule has 1 aromatic heterocycles. The average Bonchev–Trinajstić information content (AvgIpc) is 2.73. The molecule has 0 amide bonds. The number of carbonyl (C=O) groups excluding carboxylic acids is 1. The number of hydrogen-bond donors (Lipinski definition) is 1. The standard InChI is InChI=1S/C13H15N3O3/c1-7-4-8(2)10(9(3)5-7)6-18-13(17)11-12(14)16-19-15-11/h4-5H,6H2,1-3H3,(H2,14,16). The molecule has 6 nitrogen and oxygen atoms in total. The zero-order chi connectivity index (χ0) is 14.0. The van der Waals surface area contributed by atoms with Gasteiger partial charge in [-0.25, -0.2) is 9.42 Å². The van der Waals surface area contributed by atoms with Crippen LogP contribution in [-0.4, -0.2) is 16.3 Å². The summed E-state index contributed by atoms with van der Waals surface area (Å²) in [5.74, 6) is -0.708. The van der Waals surface area contributed by atoms with E-state index < -0.39 is 5.97 Å². The van der Waals surface area contributed by atoms with Crippen LogP contribution in [0.2, 0.25) is 0 Å². The Bertz CT molecular complexity index is 596. The van der Waals surface area contributed by atoms with Crippen molar-refractivity contribution in [1.82, 2.24) is 10.3 Å². The number of aryl methyl sites for hydroxylation is 3. The SMILES string of the molecule is Cc1cc(C)c(COC(=O)c2nonc2N)c(C)c1. The molecule has 2 N–H and O–H groups in total. The summed E-state index contributed by atoms with van der Waals surface area (Å²) in [6, 6.07) is 4.09. The lowest BCUT2D eigenvalue weighted by atomic mass is 10.0. The molecule has 0 aliphatic heterocycles. The van der Waals surface area contributed by atoms with Crippen molar-refractivity contribution in [2.24, 2.45) is 0 Å². The molecule has 0 fully saturated rings. The van der Waals surface area contributed by atoms with Crippen LogP contribution in [0.1, 0.15) is 32.7 Å². The lowest BCUT2D eigenvalue weighted by Crippen LogP contribution is -2.09. The fraction of sp³-hybridized carbons (Fsp3) is 0.308. The van der Waals surface area contributed by atoms with Gasteiger partial charge in [-0.1, -0.05) is 17.7 Å². The number of aromatic nitrogens is 2. The van der Waals surface area contributed by atoms with E-state index in [1.807, 2.05) is 32.9 Å². The van der Waals surface area contributed by atoms with Crippen LogP contribution in [0.15, 0.2) is 16.8 Å². The molecular formula is C13H15N3O3. The first-order valence-electron chi connectivity index (χ1n) is 5.81. The van der Waals surface area contributed by atoms with Crippen molar-refractivity contribution < 1.29 is 14.2 Å². The fourth-order valence-electron chi connectivity index (χ4n) is 1.98. The number of carbonyl (C=O) groups is 1. The van der Waals surface area contributed by atoms with Gasteiger partial charge in [-0.15, -0.1) is 0 Å². The second-order valence-corrected chi connectivity index (χ2v) is 4.45. The molecule has 1 aromatic carbocycles. The van der Waals surface area contributed by atoms with Gasteiger partial charge in [0.25, 0.3) is 0 Å². The summed E-state index contributed by atoms with van der Waals surface area (Å²) in [5.41, 5.74) is 9.64. The number of esters is 1. The van der Waals surface area contributed by atoms with E-state index in [4.69, 9.17) is 10.5 Å². The zero-order valence-corrected chi connectivity index (χ0v) is 11.1. The molecule has 100 valence electrons. The van der Waals surface area contributed by atoms with Crippen LogP contribution in [-0.2, 0) is 11.3 Å². The third kappa shape index (κ3) is 2.73. The van der Waals surface area contributed by atoms with E-state index in [1.54, 1.807) is 0 Å². The van der Waals surface area contributed by atoms with Crippen molar-refractivity contribution in [3.8, 4) is 0 Å². The minimum atomic E-state index is -0.641. The van der Waals surface area contributed by atoms with Crippen molar-refractivity contribution in [2.45, 2.75) is 27.4 Å². The highest BCUT2D eigenvalue weighted by molar-refractivity contribution is 5.91. The second kappa shape index (κ2) is 5.09. The number of anilines is 1. The van der Waals surface area contributed by atoms with Gasteiger partial charge in [-0.3, -0.25) is 0 Å². The van der Waals surface area contributed by atoms with Crippen molar-refractivity contribution in [3.63, 3.8) is 0 Å². The smallest absolute Gasteiger partial charge is 0.364 e. The van der Waals surface area contributed by atoms with Crippen LogP contribution in [0.3, 0.4) is 0 Å². The first kappa shape index (κ1) is 13.1. The van der Waals surface area contributed by atoms with Gasteiger partial charge < -0.3 is 10.5 Å². The molecule has 0 unspecified atom stereocenters. The number of nitrogen functional groups attached to an aromatic ring is 1. The number of nitrogens with zero attached hydrogens (tertiary/aromatic N) is 2. The molecule has 19 heavy (non-hydrogen) atoms. The summed E-state index contributed by atoms with van der Waals surface area (Å²) in [6.45, 7) is 6.16. The molecule has 0 spiro atoms. The van der Waals surface area contributed by atoms with Gasteiger partial charge in [0.05, 0.1) is 0 Å². The fourth-order valence-corrected chi connectivity index (χ4v) is 1.98. The van der Waals surface area contributed by atoms with Crippen LogP contribution >= 0.6 is 0 Å². The summed E-state index contributed by atoms with van der Waals surface area (Å²) in [7, 11) is 0. The molecular weight excluding hydrogens is 246 g/mol. The first-order chi connectivity index (χ1) is 8.99. The quantitative estimate of drug-likeness (QED) is 0.849. The summed E-state index contributed by atoms with van der Waals surface area (Å²) in [6.07, 6.45) is 0. The van der Waals surface area contributed by atoms with Crippen LogP contribution in [0.25, 0.3) is 0 Å². The maximum absolute atomic E-state index is 11.7. The highest BCUT2D eigenvalue weighted by Crippen LogP contribution is 2.18. The molecule has 0 bridgehead atoms. The summed E-state index contributed by atoms with van der Waals surface area (Å²) < 4.78 is 9.53. The topological polar surface area (TPSA) is 91.2 Å². The zero-order valence-electron chi connectivity index (χ0n) is 11.1. The van der Waals surface area contributed by atoms with E-state index in [0.717, 1.165) is 16.7 Å². The van der Waals surface area contributed by atoms with Crippen molar-refractivity contribution >= 4 is 11.8 Å². The van der Waals surface area contributed by atoms with E-state index in [0.29, 0.717) is 0 Å². The number of rotatable bonds is 3. The minimum Gasteiger partial charge on any atom is -0.456 e. The molecule has 1 heterocycles. The van der Waals surface area contributed by atoms with Gasteiger partial charge in [0.15, 0.2) is 0 Å². The highest BCUT2D eigenvalue weighted by atomic mass is 16.6. The van der Waals surface area contributed by atoms with Gasteiger partial charge in [0.1, 0.15) is 6.61 Å². The third-order valence-electron chi connectivity index (χ3n) is 2.90. The van der Waals surface area contributed by atoms with E-state index in [-0.39, 0.29) is 18.1 Å². The molecule has 2 rings (SSSR count). The van der Waals surface area contributed by atoms with Gasteiger partial charge in [0, 0.05) is 0 Å². The van der Waals surface area contributed by atoms with Gasteiger partial charge in [-0.2, -0.15) is 0 Å². The Morgan fingerprint density at radius 2 is 1.89 bits per heavy atom. The van der Waals surface area contributed by atoms with Crippen LogP contribution in [0.4, 0.5) is 5.82 Å². The monoisotopic (exact) mass is 261 g/mol. The van der Waals surface area contributed by atoms with Crippen LogP contribution < -0.4 is 5.73 Å². The average molecular weight is 261 g/mol. The molecule has 0 saturated heterocycles. The molecule has 6 heteroatoms. The number of hydrogen-bond acceptors (Lipinski definition) is 6. The number of ether oxygens (including phenoxy) is 1. The lowest BCUT2D eigenvalue weighted by molar-refractivity contribution is 0.0460. The van der Waals surface area contributed by atoms with Crippen LogP contribution in [0.5, 0.6) is 0 Å². The minimum absolute atomic E-state index is 0.0673. The van der Waals surface area contributed by atoms with Gasteiger partial charge in [0.2, 0.25) is 11.5 Å². The van der Waals surface area contributed by atoms with E-state index >= 15 is 0 Å². The molecule has 0 saturated carbocycles. The van der Waals surface area contributed by atoms with Crippen molar-refractivity contribution in [3.05, 3.63) is 40.1 Å². The summed E-state index contributed by atoms with van der Waals surface area (Å²) in [5, 5.41) is 6.73. The van der Waals surface area contributed by atoms with Crippen molar-refractivity contribution in [1.29, 1.82) is 0 Å². The third-order valence-corrected chi connectivity index (χ3v) is 2.90. The van der Waals surface area contributed by atoms with Gasteiger partial charge >= 0.3 is 5.97 Å². The predicted molar refractivity (Wildman–Crippen MR) is 68.5 cm³/mol. The van der Waals surface area contributed by atoms with E-state index in [9.17, 15) is 4.79 Å². The van der Waals surface area contributed by atoms with E-state index in [1.165, 1.54) is 5.56 Å². The molecule has 0 atom stereocenters. The molecule has 0 aliphatic rings. The summed E-state index contributed by atoms with van der Waals surface area (Å²) >= 11 is 0. The van der Waals surface area contributed by atoms with Gasteiger partial charge in [-0.05, 0) is 47.8 Å². The first-order valence-corrected chi connectivity index (χ1v) is 5.81. The Morgan fingerprint density at radius 1 is 1.26 bits per heavy atom. The van der Waals surface area contributed by atoms with E-state index in [2.05, 4.69) is 14.9 Å². The Kier molecular flexibility index (Phi) is 3.50. The Labute approximate surface area is 110 Å². The second-order valence-electron chi connectivity index (χ2n) is 4.45. The normalized spacial score (nSPS) is 10.5. The summed E-state index contributed by atoms with van der Waals surface area (Å²) in [4.78, 5) is 11.7.